The van der Waals surface area contributed by atoms with E-state index in [2.05, 4.69) is 15.7 Å². The minimum absolute atomic E-state index is 0.0257. The number of aryl methyl sites for hydroxylation is 2. The fourth-order valence-corrected chi connectivity index (χ4v) is 3.00. The zero-order chi connectivity index (χ0) is 18.6. The Bertz CT molecular complexity index is 741. The van der Waals surface area contributed by atoms with Crippen molar-refractivity contribution in [3.8, 4) is 0 Å². The second-order valence-electron chi connectivity index (χ2n) is 6.69. The van der Waals surface area contributed by atoms with Crippen LogP contribution >= 0.6 is 0 Å². The average molecular weight is 346 g/mol. The van der Waals surface area contributed by atoms with Gasteiger partial charge in [0.05, 0.1) is 5.69 Å². The molecule has 0 aliphatic heterocycles. The van der Waals surface area contributed by atoms with E-state index < -0.39 is 0 Å². The van der Waals surface area contributed by atoms with Gasteiger partial charge in [-0.15, -0.1) is 0 Å². The summed E-state index contributed by atoms with van der Waals surface area (Å²) in [5.41, 5.74) is 3.86. The van der Waals surface area contributed by atoms with Crippen LogP contribution in [-0.4, -0.2) is 27.9 Å². The standard InChI is InChI=1S/C19H27FN4O/c1-12(10-16-8-6-7-9-18(16)20)21-19(25)22-13(2)11-17-14(3)23-24(5)15(17)4/h6-9,12-13H,10-11H2,1-5H3,(H2,21,22,25)/t12-,13+/m1/s1. The Hall–Kier alpha value is -2.37. The molecule has 0 aliphatic rings. The van der Waals surface area contributed by atoms with Crippen LogP contribution in [0.3, 0.4) is 0 Å². The van der Waals surface area contributed by atoms with Crippen LogP contribution in [0.1, 0.15) is 36.4 Å². The quantitative estimate of drug-likeness (QED) is 0.845. The van der Waals surface area contributed by atoms with Gasteiger partial charge < -0.3 is 10.6 Å². The average Bonchev–Trinajstić information content (AvgIpc) is 2.75. The predicted octanol–water partition coefficient (Wildman–Crippen LogP) is 3.04. The number of rotatable bonds is 6. The van der Waals surface area contributed by atoms with Crippen LogP contribution in [0.5, 0.6) is 0 Å². The number of carbonyl (C=O) groups excluding carboxylic acids is 1. The first kappa shape index (κ1) is 19.0. The molecule has 2 atom stereocenters. The Morgan fingerprint density at radius 1 is 1.16 bits per heavy atom. The number of nitrogens with zero attached hydrogens (tertiary/aromatic N) is 2. The number of carbonyl (C=O) groups is 1. The number of benzene rings is 1. The van der Waals surface area contributed by atoms with E-state index in [1.54, 1.807) is 18.2 Å². The molecular weight excluding hydrogens is 319 g/mol. The summed E-state index contributed by atoms with van der Waals surface area (Å²) in [5.74, 6) is -0.243. The maximum atomic E-state index is 13.7. The second-order valence-corrected chi connectivity index (χ2v) is 6.69. The Balaban J connectivity index is 1.86. The lowest BCUT2D eigenvalue weighted by Gasteiger charge is -2.19. The van der Waals surface area contributed by atoms with Crippen LogP contribution in [0.2, 0.25) is 0 Å². The summed E-state index contributed by atoms with van der Waals surface area (Å²) >= 11 is 0. The highest BCUT2D eigenvalue weighted by atomic mass is 19.1. The first-order valence-corrected chi connectivity index (χ1v) is 8.57. The minimum atomic E-state index is -0.243. The molecule has 0 fully saturated rings. The summed E-state index contributed by atoms with van der Waals surface area (Å²) in [6, 6.07) is 6.20. The van der Waals surface area contributed by atoms with Crippen LogP contribution in [0, 0.1) is 19.7 Å². The van der Waals surface area contributed by atoms with E-state index in [0.717, 1.165) is 23.4 Å². The summed E-state index contributed by atoms with van der Waals surface area (Å²) in [7, 11) is 1.92. The number of halogens is 1. The topological polar surface area (TPSA) is 59.0 Å². The highest BCUT2D eigenvalue weighted by molar-refractivity contribution is 5.74. The van der Waals surface area contributed by atoms with Crippen molar-refractivity contribution in [1.29, 1.82) is 0 Å². The zero-order valence-electron chi connectivity index (χ0n) is 15.6. The first-order chi connectivity index (χ1) is 11.8. The lowest BCUT2D eigenvalue weighted by molar-refractivity contribution is 0.234. The van der Waals surface area contributed by atoms with Gasteiger partial charge in [-0.25, -0.2) is 9.18 Å². The second kappa shape index (κ2) is 8.14. The van der Waals surface area contributed by atoms with Gasteiger partial charge >= 0.3 is 6.03 Å². The van der Waals surface area contributed by atoms with Crippen LogP contribution in [0.25, 0.3) is 0 Å². The van der Waals surface area contributed by atoms with E-state index in [4.69, 9.17) is 0 Å². The highest BCUT2D eigenvalue weighted by Gasteiger charge is 2.16. The third-order valence-corrected chi connectivity index (χ3v) is 4.41. The van der Waals surface area contributed by atoms with Crippen molar-refractivity contribution in [2.24, 2.45) is 7.05 Å². The van der Waals surface area contributed by atoms with Crippen LogP contribution < -0.4 is 10.6 Å². The molecule has 1 aromatic heterocycles. The monoisotopic (exact) mass is 346 g/mol. The largest absolute Gasteiger partial charge is 0.335 e. The SMILES string of the molecule is Cc1nn(C)c(C)c1C[C@H](C)NC(=O)N[C@H](C)Cc1ccccc1F. The van der Waals surface area contributed by atoms with E-state index in [9.17, 15) is 9.18 Å². The normalized spacial score (nSPS) is 13.4. The molecule has 25 heavy (non-hydrogen) atoms. The minimum Gasteiger partial charge on any atom is -0.335 e. The molecule has 1 aromatic carbocycles. The predicted molar refractivity (Wildman–Crippen MR) is 97.1 cm³/mol. The molecular formula is C19H27FN4O. The van der Waals surface area contributed by atoms with Gasteiger partial charge in [0.25, 0.3) is 0 Å². The van der Waals surface area contributed by atoms with Crippen LogP contribution in [-0.2, 0) is 19.9 Å². The highest BCUT2D eigenvalue weighted by Crippen LogP contribution is 2.14. The molecule has 2 N–H and O–H groups in total. The van der Waals surface area contributed by atoms with E-state index in [1.165, 1.54) is 6.07 Å². The van der Waals surface area contributed by atoms with Gasteiger partial charge in [0.2, 0.25) is 0 Å². The van der Waals surface area contributed by atoms with Crippen molar-refractivity contribution < 1.29 is 9.18 Å². The fourth-order valence-electron chi connectivity index (χ4n) is 3.00. The number of amides is 2. The summed E-state index contributed by atoms with van der Waals surface area (Å²) < 4.78 is 15.5. The molecule has 0 unspecified atom stereocenters. The third-order valence-electron chi connectivity index (χ3n) is 4.41. The smallest absolute Gasteiger partial charge is 0.315 e. The number of aromatic nitrogens is 2. The Morgan fingerprint density at radius 2 is 1.76 bits per heavy atom. The van der Waals surface area contributed by atoms with Gasteiger partial charge in [-0.3, -0.25) is 4.68 Å². The van der Waals surface area contributed by atoms with Crippen molar-refractivity contribution in [2.75, 3.05) is 0 Å². The molecule has 0 saturated heterocycles. The van der Waals surface area contributed by atoms with Gasteiger partial charge in [-0.1, -0.05) is 18.2 Å². The number of hydrogen-bond acceptors (Lipinski definition) is 2. The summed E-state index contributed by atoms with van der Waals surface area (Å²) in [6.45, 7) is 7.84. The number of urea groups is 1. The first-order valence-electron chi connectivity index (χ1n) is 8.57. The third kappa shape index (κ3) is 5.05. The van der Waals surface area contributed by atoms with E-state index in [0.29, 0.717) is 12.0 Å². The van der Waals surface area contributed by atoms with Gasteiger partial charge in [0.1, 0.15) is 5.82 Å². The molecule has 0 spiro atoms. The van der Waals surface area contributed by atoms with E-state index in [1.807, 2.05) is 39.4 Å². The molecule has 0 bridgehead atoms. The summed E-state index contributed by atoms with van der Waals surface area (Å²) in [4.78, 5) is 12.2. The van der Waals surface area contributed by atoms with Gasteiger partial charge in [0.15, 0.2) is 0 Å². The van der Waals surface area contributed by atoms with Crippen molar-refractivity contribution in [3.05, 3.63) is 52.6 Å². The van der Waals surface area contributed by atoms with Crippen LogP contribution in [0.4, 0.5) is 9.18 Å². The maximum absolute atomic E-state index is 13.7. The van der Waals surface area contributed by atoms with Gasteiger partial charge in [-0.2, -0.15) is 5.10 Å². The van der Waals surface area contributed by atoms with E-state index >= 15 is 0 Å². The van der Waals surface area contributed by atoms with Crippen molar-refractivity contribution >= 4 is 6.03 Å². The fraction of sp³-hybridized carbons (Fsp3) is 0.474. The number of nitrogens with one attached hydrogen (secondary N) is 2. The Morgan fingerprint density at radius 3 is 2.32 bits per heavy atom. The molecule has 2 aromatic rings. The molecule has 2 amide bonds. The molecule has 0 radical (unpaired) electrons. The zero-order valence-corrected chi connectivity index (χ0v) is 15.6. The molecule has 2 rings (SSSR count). The molecule has 5 nitrogen and oxygen atoms in total. The Kier molecular flexibility index (Phi) is 6.17. The molecule has 1 heterocycles. The van der Waals surface area contributed by atoms with Crippen molar-refractivity contribution in [3.63, 3.8) is 0 Å². The lowest BCUT2D eigenvalue weighted by atomic mass is 10.1. The summed E-state index contributed by atoms with van der Waals surface area (Å²) in [5, 5.41) is 10.2. The van der Waals surface area contributed by atoms with Crippen molar-refractivity contribution in [2.45, 2.75) is 52.6 Å². The Labute approximate surface area is 148 Å². The molecule has 0 aliphatic carbocycles. The van der Waals surface area contributed by atoms with Gasteiger partial charge in [0, 0.05) is 24.8 Å². The molecule has 6 heteroatoms. The van der Waals surface area contributed by atoms with Gasteiger partial charge in [-0.05, 0) is 57.7 Å². The maximum Gasteiger partial charge on any atom is 0.315 e. The van der Waals surface area contributed by atoms with Crippen molar-refractivity contribution in [1.82, 2.24) is 20.4 Å². The molecule has 136 valence electrons. The molecule has 0 saturated carbocycles. The number of hydrogen-bond donors (Lipinski definition) is 2. The lowest BCUT2D eigenvalue weighted by Crippen LogP contribution is -2.45. The van der Waals surface area contributed by atoms with E-state index in [-0.39, 0.29) is 23.9 Å². The van der Waals surface area contributed by atoms with Crippen LogP contribution in [0.15, 0.2) is 24.3 Å². The summed E-state index contributed by atoms with van der Waals surface area (Å²) in [6.07, 6.45) is 1.18.